The van der Waals surface area contributed by atoms with Crippen molar-refractivity contribution in [2.24, 2.45) is 5.92 Å². The zero-order valence-electron chi connectivity index (χ0n) is 13.7. The maximum absolute atomic E-state index is 12.3. The smallest absolute Gasteiger partial charge is 0.410 e. The molecule has 130 valence electrons. The van der Waals surface area contributed by atoms with Gasteiger partial charge < -0.3 is 20.5 Å². The number of nitrogens with zero attached hydrogens (tertiary/aromatic N) is 1. The highest BCUT2D eigenvalue weighted by molar-refractivity contribution is 5.76. The second-order valence-corrected chi connectivity index (χ2v) is 6.13. The van der Waals surface area contributed by atoms with Crippen LogP contribution in [0.4, 0.5) is 10.5 Å². The minimum absolute atomic E-state index is 0.113. The lowest BCUT2D eigenvalue weighted by Crippen LogP contribution is -2.30. The number of para-hydroxylation sites is 1. The largest absolute Gasteiger partial charge is 0.481 e. The van der Waals surface area contributed by atoms with E-state index >= 15 is 0 Å². The Hall–Kier alpha value is -3.02. The molecule has 1 aliphatic rings. The molecule has 0 saturated carbocycles. The molecular weight excluding hydrogens is 320 g/mol. The van der Waals surface area contributed by atoms with Crippen LogP contribution in [-0.4, -0.2) is 35.2 Å². The molecule has 0 aliphatic carbocycles. The van der Waals surface area contributed by atoms with Crippen molar-refractivity contribution in [2.45, 2.75) is 12.5 Å². The van der Waals surface area contributed by atoms with E-state index in [9.17, 15) is 14.7 Å². The van der Waals surface area contributed by atoms with Crippen molar-refractivity contribution in [3.05, 3.63) is 65.7 Å². The van der Waals surface area contributed by atoms with Gasteiger partial charge in [-0.05, 0) is 17.2 Å². The van der Waals surface area contributed by atoms with Crippen LogP contribution in [0.5, 0.6) is 0 Å². The summed E-state index contributed by atoms with van der Waals surface area (Å²) in [5.74, 6) is -1.98. The van der Waals surface area contributed by atoms with E-state index in [-0.39, 0.29) is 25.6 Å². The number of aliphatic carboxylic acids is 1. The number of benzene rings is 2. The first kappa shape index (κ1) is 16.8. The first-order chi connectivity index (χ1) is 12.1. The highest BCUT2D eigenvalue weighted by atomic mass is 16.6. The Kier molecular flexibility index (Phi) is 4.88. The summed E-state index contributed by atoms with van der Waals surface area (Å²) in [4.78, 5) is 25.4. The number of amides is 1. The number of carboxylic acid groups (broad SMARTS) is 1. The fourth-order valence-corrected chi connectivity index (χ4v) is 3.18. The second kappa shape index (κ2) is 7.25. The standard InChI is InChI=1S/C19H20N2O4/c20-17-9-5-4-8-14(17)15-10-21(11-16(15)18(22)23)19(24)25-12-13-6-2-1-3-7-13/h1-9,15-16H,10-12,20H2,(H,22,23)/t15-,16+/m0/s1. The van der Waals surface area contributed by atoms with Gasteiger partial charge in [-0.2, -0.15) is 0 Å². The van der Waals surface area contributed by atoms with E-state index in [0.29, 0.717) is 5.69 Å². The van der Waals surface area contributed by atoms with Crippen LogP contribution in [0.3, 0.4) is 0 Å². The van der Waals surface area contributed by atoms with Gasteiger partial charge in [-0.3, -0.25) is 4.79 Å². The van der Waals surface area contributed by atoms with Crippen molar-refractivity contribution in [3.63, 3.8) is 0 Å². The maximum atomic E-state index is 12.3. The predicted molar refractivity (Wildman–Crippen MR) is 92.9 cm³/mol. The fourth-order valence-electron chi connectivity index (χ4n) is 3.18. The summed E-state index contributed by atoms with van der Waals surface area (Å²) in [6.45, 7) is 0.548. The molecule has 1 heterocycles. The summed E-state index contributed by atoms with van der Waals surface area (Å²) in [5.41, 5.74) is 8.17. The molecule has 0 radical (unpaired) electrons. The minimum atomic E-state index is -0.938. The SMILES string of the molecule is Nc1ccccc1[C@@H]1CN(C(=O)OCc2ccccc2)C[C@H]1C(=O)O. The predicted octanol–water partition coefficient (Wildman–Crippen LogP) is 2.71. The van der Waals surface area contributed by atoms with Crippen LogP contribution < -0.4 is 5.73 Å². The number of ether oxygens (including phenoxy) is 1. The van der Waals surface area contributed by atoms with Crippen molar-refractivity contribution in [1.29, 1.82) is 0 Å². The molecule has 0 spiro atoms. The Morgan fingerprint density at radius 1 is 1.08 bits per heavy atom. The number of carbonyl (C=O) groups is 2. The van der Waals surface area contributed by atoms with Crippen LogP contribution in [0.15, 0.2) is 54.6 Å². The van der Waals surface area contributed by atoms with Crippen molar-refractivity contribution >= 4 is 17.7 Å². The number of carboxylic acids is 1. The highest BCUT2D eigenvalue weighted by Crippen LogP contribution is 2.36. The molecule has 1 aliphatic heterocycles. The average Bonchev–Trinajstić information content (AvgIpc) is 3.06. The molecule has 0 aromatic heterocycles. The lowest BCUT2D eigenvalue weighted by atomic mass is 9.88. The number of hydrogen-bond acceptors (Lipinski definition) is 4. The Morgan fingerprint density at radius 3 is 2.44 bits per heavy atom. The number of hydrogen-bond donors (Lipinski definition) is 2. The quantitative estimate of drug-likeness (QED) is 0.835. The summed E-state index contributed by atoms with van der Waals surface area (Å²) in [7, 11) is 0. The molecule has 1 amide bonds. The Bertz CT molecular complexity index is 763. The summed E-state index contributed by atoms with van der Waals surface area (Å²) < 4.78 is 5.32. The monoisotopic (exact) mass is 340 g/mol. The van der Waals surface area contributed by atoms with E-state index in [1.54, 1.807) is 12.1 Å². The third kappa shape index (κ3) is 3.74. The van der Waals surface area contributed by atoms with Gasteiger partial charge in [-0.15, -0.1) is 0 Å². The van der Waals surface area contributed by atoms with Gasteiger partial charge in [0.15, 0.2) is 0 Å². The lowest BCUT2D eigenvalue weighted by molar-refractivity contribution is -0.141. The molecule has 3 N–H and O–H groups in total. The molecule has 6 nitrogen and oxygen atoms in total. The molecule has 2 atom stereocenters. The molecule has 25 heavy (non-hydrogen) atoms. The third-order valence-corrected chi connectivity index (χ3v) is 4.50. The molecular formula is C19H20N2O4. The van der Waals surface area contributed by atoms with E-state index in [1.165, 1.54) is 4.90 Å². The van der Waals surface area contributed by atoms with Gasteiger partial charge in [-0.25, -0.2) is 4.79 Å². The first-order valence-corrected chi connectivity index (χ1v) is 8.09. The molecule has 1 saturated heterocycles. The van der Waals surface area contributed by atoms with Crippen molar-refractivity contribution in [2.75, 3.05) is 18.8 Å². The van der Waals surface area contributed by atoms with Crippen LogP contribution in [0.25, 0.3) is 0 Å². The van der Waals surface area contributed by atoms with Crippen molar-refractivity contribution in [1.82, 2.24) is 4.90 Å². The average molecular weight is 340 g/mol. The zero-order chi connectivity index (χ0) is 17.8. The van der Waals surface area contributed by atoms with Gasteiger partial charge in [0.25, 0.3) is 0 Å². The summed E-state index contributed by atoms with van der Waals surface area (Å²) in [6, 6.07) is 16.5. The molecule has 2 aromatic carbocycles. The molecule has 2 aromatic rings. The summed E-state index contributed by atoms with van der Waals surface area (Å²) in [5, 5.41) is 9.52. The van der Waals surface area contributed by atoms with Crippen LogP contribution in [0.1, 0.15) is 17.0 Å². The number of nitrogens with two attached hydrogens (primary N) is 1. The number of likely N-dealkylation sites (tertiary alicyclic amines) is 1. The zero-order valence-corrected chi connectivity index (χ0v) is 13.7. The van der Waals surface area contributed by atoms with Gasteiger partial charge >= 0.3 is 12.1 Å². The van der Waals surface area contributed by atoms with Crippen LogP contribution in [-0.2, 0) is 16.1 Å². The van der Waals surface area contributed by atoms with Crippen LogP contribution in [0, 0.1) is 5.92 Å². The fraction of sp³-hybridized carbons (Fsp3) is 0.263. The third-order valence-electron chi connectivity index (χ3n) is 4.50. The molecule has 6 heteroatoms. The van der Waals surface area contributed by atoms with Crippen molar-refractivity contribution in [3.8, 4) is 0 Å². The van der Waals surface area contributed by atoms with Gasteiger partial charge in [-0.1, -0.05) is 48.5 Å². The van der Waals surface area contributed by atoms with Crippen LogP contribution >= 0.6 is 0 Å². The van der Waals surface area contributed by atoms with E-state index in [4.69, 9.17) is 10.5 Å². The Morgan fingerprint density at radius 2 is 1.76 bits per heavy atom. The van der Waals surface area contributed by atoms with E-state index in [0.717, 1.165) is 11.1 Å². The van der Waals surface area contributed by atoms with Crippen LogP contribution in [0.2, 0.25) is 0 Å². The molecule has 0 bridgehead atoms. The topological polar surface area (TPSA) is 92.9 Å². The first-order valence-electron chi connectivity index (χ1n) is 8.09. The van der Waals surface area contributed by atoms with E-state index < -0.39 is 18.0 Å². The maximum Gasteiger partial charge on any atom is 0.410 e. The number of rotatable bonds is 4. The van der Waals surface area contributed by atoms with Crippen molar-refractivity contribution < 1.29 is 19.4 Å². The highest BCUT2D eigenvalue weighted by Gasteiger charge is 2.41. The Balaban J connectivity index is 1.70. The van der Waals surface area contributed by atoms with Gasteiger partial charge in [0, 0.05) is 24.7 Å². The Labute approximate surface area is 145 Å². The number of nitrogen functional groups attached to an aromatic ring is 1. The minimum Gasteiger partial charge on any atom is -0.481 e. The normalized spacial score (nSPS) is 19.6. The summed E-state index contributed by atoms with van der Waals surface area (Å²) >= 11 is 0. The number of anilines is 1. The molecule has 0 unspecified atom stereocenters. The number of carbonyl (C=O) groups excluding carboxylic acids is 1. The van der Waals surface area contributed by atoms with E-state index in [2.05, 4.69) is 0 Å². The van der Waals surface area contributed by atoms with Gasteiger partial charge in [0.1, 0.15) is 6.61 Å². The summed E-state index contributed by atoms with van der Waals surface area (Å²) in [6.07, 6.45) is -0.507. The lowest BCUT2D eigenvalue weighted by Gasteiger charge is -2.17. The van der Waals surface area contributed by atoms with E-state index in [1.807, 2.05) is 42.5 Å². The van der Waals surface area contributed by atoms with Gasteiger partial charge in [0.05, 0.1) is 5.92 Å². The van der Waals surface area contributed by atoms with Gasteiger partial charge in [0.2, 0.25) is 0 Å². The molecule has 3 rings (SSSR count). The second-order valence-electron chi connectivity index (χ2n) is 6.13. The molecule has 1 fully saturated rings.